The van der Waals surface area contributed by atoms with Crippen molar-refractivity contribution in [1.29, 1.82) is 0 Å². The Hall–Kier alpha value is -0.380. The van der Waals surface area contributed by atoms with Crippen molar-refractivity contribution in [2.24, 2.45) is 5.41 Å². The van der Waals surface area contributed by atoms with Crippen molar-refractivity contribution >= 4 is 24.2 Å². The Morgan fingerprint density at radius 2 is 1.79 bits per heavy atom. The molecule has 0 bridgehead atoms. The zero-order valence-corrected chi connectivity index (χ0v) is 17.7. The van der Waals surface area contributed by atoms with E-state index in [-0.39, 0.29) is 12.4 Å². The van der Waals surface area contributed by atoms with E-state index in [0.29, 0.717) is 10.7 Å². The lowest BCUT2D eigenvalue weighted by molar-refractivity contribution is 0.283. The molecular formula is C20H36ClNOS. The standard InChI is InChI=1S/C20H35NOS.ClH/c1-6-7-13-20(4,5)16-21-14-8-15-22-18-9-11-19(12-10-18)23-17(2)3;/h9-12,17,21H,6-8,13-16H2,1-5H3;1H. The van der Waals surface area contributed by atoms with E-state index in [1.807, 2.05) is 11.8 Å². The molecule has 1 aromatic rings. The van der Waals surface area contributed by atoms with Crippen molar-refractivity contribution in [2.45, 2.75) is 70.4 Å². The third kappa shape index (κ3) is 11.2. The van der Waals surface area contributed by atoms with Crippen LogP contribution in [0.4, 0.5) is 0 Å². The predicted molar refractivity (Wildman–Crippen MR) is 111 cm³/mol. The minimum absolute atomic E-state index is 0. The van der Waals surface area contributed by atoms with Gasteiger partial charge >= 0.3 is 0 Å². The Balaban J connectivity index is 0.00000529. The molecule has 1 N–H and O–H groups in total. The van der Waals surface area contributed by atoms with Crippen LogP contribution in [0.5, 0.6) is 5.75 Å². The second kappa shape index (κ2) is 12.9. The molecule has 1 aromatic carbocycles. The molecule has 0 aliphatic rings. The van der Waals surface area contributed by atoms with E-state index >= 15 is 0 Å². The van der Waals surface area contributed by atoms with Gasteiger partial charge in [0.2, 0.25) is 0 Å². The summed E-state index contributed by atoms with van der Waals surface area (Å²) in [7, 11) is 0. The van der Waals surface area contributed by atoms with E-state index < -0.39 is 0 Å². The number of halogens is 1. The molecule has 0 saturated carbocycles. The number of benzene rings is 1. The summed E-state index contributed by atoms with van der Waals surface area (Å²) in [5, 5.41) is 4.19. The molecule has 2 nitrogen and oxygen atoms in total. The quantitative estimate of drug-likeness (QED) is 0.349. The van der Waals surface area contributed by atoms with Crippen LogP contribution >= 0.6 is 24.2 Å². The predicted octanol–water partition coefficient (Wildman–Crippen LogP) is 6.18. The van der Waals surface area contributed by atoms with Crippen LogP contribution in [0.15, 0.2) is 29.2 Å². The molecule has 0 amide bonds. The van der Waals surface area contributed by atoms with Gasteiger partial charge in [0.1, 0.15) is 5.75 Å². The molecule has 0 unspecified atom stereocenters. The van der Waals surface area contributed by atoms with Crippen molar-refractivity contribution in [3.05, 3.63) is 24.3 Å². The number of hydrogen-bond donors (Lipinski definition) is 1. The second-order valence-corrected chi connectivity index (χ2v) is 8.93. The number of unbranched alkanes of at least 4 members (excludes halogenated alkanes) is 1. The average molecular weight is 374 g/mol. The lowest BCUT2D eigenvalue weighted by Gasteiger charge is -2.24. The minimum atomic E-state index is 0. The third-order valence-corrected chi connectivity index (χ3v) is 4.79. The molecule has 0 fully saturated rings. The molecule has 0 radical (unpaired) electrons. The Labute approximate surface area is 159 Å². The summed E-state index contributed by atoms with van der Waals surface area (Å²) in [5.74, 6) is 0.974. The van der Waals surface area contributed by atoms with Gasteiger partial charge in [0.25, 0.3) is 0 Å². The van der Waals surface area contributed by atoms with E-state index in [0.717, 1.165) is 31.9 Å². The Kier molecular flexibility index (Phi) is 12.7. The molecule has 0 heterocycles. The van der Waals surface area contributed by atoms with Crippen LogP contribution in [0.3, 0.4) is 0 Å². The van der Waals surface area contributed by atoms with Crippen LogP contribution in [-0.4, -0.2) is 24.9 Å². The molecule has 4 heteroatoms. The van der Waals surface area contributed by atoms with E-state index in [1.54, 1.807) is 0 Å². The van der Waals surface area contributed by atoms with Crippen LogP contribution in [-0.2, 0) is 0 Å². The van der Waals surface area contributed by atoms with Crippen molar-refractivity contribution in [2.75, 3.05) is 19.7 Å². The van der Waals surface area contributed by atoms with Crippen LogP contribution < -0.4 is 10.1 Å². The molecule has 0 atom stereocenters. The zero-order valence-electron chi connectivity index (χ0n) is 16.1. The van der Waals surface area contributed by atoms with Crippen molar-refractivity contribution < 1.29 is 4.74 Å². The van der Waals surface area contributed by atoms with Gasteiger partial charge in [-0.15, -0.1) is 24.2 Å². The Morgan fingerprint density at radius 1 is 1.12 bits per heavy atom. The highest BCUT2D eigenvalue weighted by atomic mass is 35.5. The highest BCUT2D eigenvalue weighted by molar-refractivity contribution is 7.99. The zero-order chi connectivity index (χ0) is 17.1. The van der Waals surface area contributed by atoms with E-state index in [4.69, 9.17) is 4.74 Å². The Bertz CT molecular complexity index is 420. The monoisotopic (exact) mass is 373 g/mol. The van der Waals surface area contributed by atoms with Gasteiger partial charge in [-0.05, 0) is 49.1 Å². The van der Waals surface area contributed by atoms with Crippen LogP contribution in [0.2, 0.25) is 0 Å². The summed E-state index contributed by atoms with van der Waals surface area (Å²) >= 11 is 1.88. The van der Waals surface area contributed by atoms with Crippen molar-refractivity contribution in [3.63, 3.8) is 0 Å². The van der Waals surface area contributed by atoms with Crippen molar-refractivity contribution in [3.8, 4) is 5.75 Å². The summed E-state index contributed by atoms with van der Waals surface area (Å²) in [4.78, 5) is 1.31. The van der Waals surface area contributed by atoms with E-state index in [1.165, 1.54) is 24.2 Å². The number of hydrogen-bond acceptors (Lipinski definition) is 3. The van der Waals surface area contributed by atoms with E-state index in [2.05, 4.69) is 64.2 Å². The number of nitrogens with one attached hydrogen (secondary N) is 1. The largest absolute Gasteiger partial charge is 0.494 e. The maximum atomic E-state index is 5.81. The smallest absolute Gasteiger partial charge is 0.119 e. The number of thioether (sulfide) groups is 1. The van der Waals surface area contributed by atoms with Gasteiger partial charge in [-0.25, -0.2) is 0 Å². The molecule has 0 aliphatic carbocycles. The van der Waals surface area contributed by atoms with Crippen LogP contribution in [0.25, 0.3) is 0 Å². The van der Waals surface area contributed by atoms with Crippen LogP contribution in [0, 0.1) is 5.41 Å². The van der Waals surface area contributed by atoms with E-state index in [9.17, 15) is 0 Å². The van der Waals surface area contributed by atoms with Gasteiger partial charge in [0.05, 0.1) is 6.61 Å². The summed E-state index contributed by atoms with van der Waals surface area (Å²) in [5.41, 5.74) is 0.404. The SMILES string of the molecule is CCCCC(C)(C)CNCCCOc1ccc(SC(C)C)cc1.Cl. The molecule has 0 aromatic heterocycles. The molecular weight excluding hydrogens is 338 g/mol. The summed E-state index contributed by atoms with van der Waals surface area (Å²) in [6, 6.07) is 8.45. The maximum absolute atomic E-state index is 5.81. The van der Waals surface area contributed by atoms with Gasteiger partial charge in [-0.3, -0.25) is 0 Å². The molecule has 0 saturated heterocycles. The lowest BCUT2D eigenvalue weighted by atomic mass is 9.87. The summed E-state index contributed by atoms with van der Waals surface area (Å²) < 4.78 is 5.81. The van der Waals surface area contributed by atoms with Crippen molar-refractivity contribution in [1.82, 2.24) is 5.32 Å². The van der Waals surface area contributed by atoms with Gasteiger partial charge in [-0.1, -0.05) is 47.5 Å². The summed E-state index contributed by atoms with van der Waals surface area (Å²) in [6.45, 7) is 14.3. The first-order chi connectivity index (χ1) is 10.9. The first kappa shape index (κ1) is 23.6. The molecule has 140 valence electrons. The van der Waals surface area contributed by atoms with Gasteiger partial charge < -0.3 is 10.1 Å². The molecule has 24 heavy (non-hydrogen) atoms. The van der Waals surface area contributed by atoms with Gasteiger partial charge in [0, 0.05) is 16.7 Å². The first-order valence-corrected chi connectivity index (χ1v) is 9.91. The molecule has 0 spiro atoms. The van der Waals surface area contributed by atoms with Crippen LogP contribution in [0.1, 0.15) is 60.3 Å². The number of ether oxygens (including phenoxy) is 1. The first-order valence-electron chi connectivity index (χ1n) is 9.03. The average Bonchev–Trinajstić information content (AvgIpc) is 2.50. The van der Waals surface area contributed by atoms with Gasteiger partial charge in [0.15, 0.2) is 0 Å². The summed E-state index contributed by atoms with van der Waals surface area (Å²) in [6.07, 6.45) is 4.95. The maximum Gasteiger partial charge on any atom is 0.119 e. The molecule has 0 aliphatic heterocycles. The fourth-order valence-corrected chi connectivity index (χ4v) is 3.28. The fraction of sp³-hybridized carbons (Fsp3) is 0.700. The lowest BCUT2D eigenvalue weighted by Crippen LogP contribution is -2.30. The highest BCUT2D eigenvalue weighted by Crippen LogP contribution is 2.25. The topological polar surface area (TPSA) is 21.3 Å². The van der Waals surface area contributed by atoms with Gasteiger partial charge in [-0.2, -0.15) is 0 Å². The normalized spacial score (nSPS) is 11.4. The number of rotatable bonds is 12. The highest BCUT2D eigenvalue weighted by Gasteiger charge is 2.15. The third-order valence-electron chi connectivity index (χ3n) is 3.77. The Morgan fingerprint density at radius 3 is 2.38 bits per heavy atom. The molecule has 1 rings (SSSR count). The second-order valence-electron chi connectivity index (χ2n) is 7.28. The fourth-order valence-electron chi connectivity index (χ4n) is 2.44. The minimum Gasteiger partial charge on any atom is -0.494 e.